The molecule has 0 N–H and O–H groups in total. The monoisotopic (exact) mass is 350 g/mol. The van der Waals surface area contributed by atoms with Gasteiger partial charge < -0.3 is 16.6 Å². The third-order valence-electron chi connectivity index (χ3n) is 3.38. The zero-order valence-electron chi connectivity index (χ0n) is 11.8. The van der Waals surface area contributed by atoms with Gasteiger partial charge in [0.25, 0.3) is 0 Å². The summed E-state index contributed by atoms with van der Waals surface area (Å²) in [5, 5.41) is 0. The third-order valence-corrected chi connectivity index (χ3v) is 3.38. The summed E-state index contributed by atoms with van der Waals surface area (Å²) in [5.74, 6) is 0.864. The van der Waals surface area contributed by atoms with Crippen molar-refractivity contribution >= 4 is 5.91 Å². The molecule has 2 heterocycles. The molecule has 20 heavy (non-hydrogen) atoms. The number of hydrogen-bond donors (Lipinski definition) is 0. The zero-order valence-corrected chi connectivity index (χ0v) is 14.7. The fourth-order valence-corrected chi connectivity index (χ4v) is 2.23. The van der Waals surface area contributed by atoms with Gasteiger partial charge in [-0.25, -0.2) is 4.98 Å². The molecule has 1 aliphatic heterocycles. The zero-order chi connectivity index (χ0) is 13.5. The normalized spacial score (nSPS) is 17.4. The first-order valence-electron chi connectivity index (χ1n) is 6.94. The van der Waals surface area contributed by atoms with E-state index in [2.05, 4.69) is 11.9 Å². The summed E-state index contributed by atoms with van der Waals surface area (Å²) >= 11 is 0. The standard InChI is InChI=1S/C15H21N2O2.Y/c1-2-3-4-7-10-17-13(11-15(17)18)12-19-14-8-5-6-9-16-14;/h5-6,8-9,13H,1-4,7,10-12H2;/q-1;/t13-;/m1./s1. The van der Waals surface area contributed by atoms with Gasteiger partial charge in [-0.05, 0) is 12.5 Å². The van der Waals surface area contributed by atoms with Crippen LogP contribution in [0.4, 0.5) is 0 Å². The summed E-state index contributed by atoms with van der Waals surface area (Å²) in [7, 11) is 0. The Morgan fingerprint density at radius 2 is 2.20 bits per heavy atom. The molecule has 1 aliphatic rings. The van der Waals surface area contributed by atoms with E-state index in [-0.39, 0.29) is 44.7 Å². The molecule has 5 heteroatoms. The summed E-state index contributed by atoms with van der Waals surface area (Å²) in [6.45, 7) is 5.20. The molecule has 0 aromatic carbocycles. The van der Waals surface area contributed by atoms with Crippen molar-refractivity contribution in [2.45, 2.75) is 38.1 Å². The van der Waals surface area contributed by atoms with E-state index in [0.717, 1.165) is 32.2 Å². The van der Waals surface area contributed by atoms with E-state index in [0.29, 0.717) is 18.9 Å². The second-order valence-electron chi connectivity index (χ2n) is 4.84. The molecule has 1 radical (unpaired) electrons. The minimum Gasteiger partial charge on any atom is -0.475 e. The van der Waals surface area contributed by atoms with Gasteiger partial charge in [-0.2, -0.15) is 6.42 Å². The van der Waals surface area contributed by atoms with Crippen molar-refractivity contribution in [2.24, 2.45) is 0 Å². The summed E-state index contributed by atoms with van der Waals surface area (Å²) < 4.78 is 5.60. The molecule has 4 nitrogen and oxygen atoms in total. The maximum Gasteiger partial charge on any atom is 0.225 e. The Bertz CT molecular complexity index is 400. The first-order chi connectivity index (χ1) is 9.31. The van der Waals surface area contributed by atoms with Crippen LogP contribution < -0.4 is 4.74 Å². The number of unbranched alkanes of at least 4 members (excludes halogenated alkanes) is 3. The number of aromatic nitrogens is 1. The predicted octanol–water partition coefficient (Wildman–Crippen LogP) is 2.45. The number of carbonyl (C=O) groups is 1. The Kier molecular flexibility index (Phi) is 8.31. The quantitative estimate of drug-likeness (QED) is 0.411. The Balaban J connectivity index is 0.00000200. The van der Waals surface area contributed by atoms with Crippen LogP contribution in [0.3, 0.4) is 0 Å². The number of likely N-dealkylation sites (tertiary alicyclic amines) is 1. The van der Waals surface area contributed by atoms with Gasteiger partial charge in [0.05, 0.1) is 12.5 Å². The minimum atomic E-state index is 0. The number of carbonyl (C=O) groups excluding carboxylic acids is 1. The average Bonchev–Trinajstić information content (AvgIpc) is 2.44. The Labute approximate surface area is 146 Å². The number of pyridine rings is 1. The van der Waals surface area contributed by atoms with Crippen LogP contribution >= 0.6 is 0 Å². The Hall–Kier alpha value is -0.476. The average molecular weight is 350 g/mol. The molecule has 1 aromatic rings. The van der Waals surface area contributed by atoms with E-state index in [9.17, 15) is 4.79 Å². The molecule has 1 saturated heterocycles. The minimum absolute atomic E-state index is 0. The van der Waals surface area contributed by atoms with E-state index >= 15 is 0 Å². The number of rotatable bonds is 8. The van der Waals surface area contributed by atoms with Gasteiger partial charge in [-0.3, -0.25) is 4.79 Å². The summed E-state index contributed by atoms with van der Waals surface area (Å²) in [5.41, 5.74) is 0. The van der Waals surface area contributed by atoms with E-state index < -0.39 is 0 Å². The molecule has 2 rings (SSSR count). The fraction of sp³-hybridized carbons (Fsp3) is 0.533. The molecule has 107 valence electrons. The van der Waals surface area contributed by atoms with Crippen molar-refractivity contribution in [3.05, 3.63) is 31.3 Å². The van der Waals surface area contributed by atoms with Crippen molar-refractivity contribution in [3.8, 4) is 5.88 Å². The molecule has 0 saturated carbocycles. The van der Waals surface area contributed by atoms with Gasteiger partial charge >= 0.3 is 0 Å². The molecule has 1 atom stereocenters. The number of hydrogen-bond acceptors (Lipinski definition) is 3. The van der Waals surface area contributed by atoms with Gasteiger partial charge in [0.15, 0.2) is 0 Å². The van der Waals surface area contributed by atoms with Crippen LogP contribution in [-0.4, -0.2) is 35.0 Å². The second kappa shape index (κ2) is 9.46. The van der Waals surface area contributed by atoms with E-state index in [1.54, 1.807) is 6.20 Å². The maximum atomic E-state index is 11.6. The number of amides is 1. The molecule has 0 unspecified atom stereocenters. The van der Waals surface area contributed by atoms with Crippen molar-refractivity contribution in [3.63, 3.8) is 0 Å². The molecule has 0 spiro atoms. The van der Waals surface area contributed by atoms with Crippen LogP contribution in [0.25, 0.3) is 0 Å². The molecule has 0 aliphatic carbocycles. The maximum absolute atomic E-state index is 11.6. The van der Waals surface area contributed by atoms with Crippen LogP contribution in [-0.2, 0) is 37.5 Å². The van der Waals surface area contributed by atoms with Crippen molar-refractivity contribution in [1.82, 2.24) is 9.88 Å². The van der Waals surface area contributed by atoms with E-state index in [1.807, 2.05) is 23.1 Å². The SMILES string of the molecule is [CH2-]CCCCCN1C(=O)C[C@@H]1COc1ccccn1.[Y]. The largest absolute Gasteiger partial charge is 0.475 e. The van der Waals surface area contributed by atoms with Gasteiger partial charge in [-0.1, -0.05) is 18.9 Å². The first kappa shape index (κ1) is 17.6. The molecule has 1 amide bonds. The Morgan fingerprint density at radius 3 is 2.85 bits per heavy atom. The summed E-state index contributed by atoms with van der Waals surface area (Å²) in [6.07, 6.45) is 6.61. The van der Waals surface area contributed by atoms with Gasteiger partial charge in [0, 0.05) is 51.5 Å². The van der Waals surface area contributed by atoms with Crippen LogP contribution in [0.2, 0.25) is 0 Å². The van der Waals surface area contributed by atoms with Crippen molar-refractivity contribution in [1.29, 1.82) is 0 Å². The van der Waals surface area contributed by atoms with Crippen LogP contribution in [0.5, 0.6) is 5.88 Å². The van der Waals surface area contributed by atoms with E-state index in [4.69, 9.17) is 4.74 Å². The van der Waals surface area contributed by atoms with Crippen LogP contribution in [0, 0.1) is 6.92 Å². The molecule has 1 fully saturated rings. The van der Waals surface area contributed by atoms with Crippen molar-refractivity contribution < 1.29 is 42.2 Å². The molecular weight excluding hydrogens is 329 g/mol. The first-order valence-corrected chi connectivity index (χ1v) is 6.94. The third kappa shape index (κ3) is 5.14. The number of β-lactam (4-membered cyclic amide) rings is 1. The Morgan fingerprint density at radius 1 is 1.35 bits per heavy atom. The number of ether oxygens (including phenoxy) is 1. The molecule has 0 bridgehead atoms. The van der Waals surface area contributed by atoms with E-state index in [1.165, 1.54) is 0 Å². The molecule has 1 aromatic heterocycles. The summed E-state index contributed by atoms with van der Waals surface area (Å²) in [4.78, 5) is 17.6. The summed E-state index contributed by atoms with van der Waals surface area (Å²) in [6, 6.07) is 5.80. The van der Waals surface area contributed by atoms with Crippen LogP contribution in [0.1, 0.15) is 32.1 Å². The van der Waals surface area contributed by atoms with Crippen molar-refractivity contribution in [2.75, 3.05) is 13.2 Å². The van der Waals surface area contributed by atoms with Crippen LogP contribution in [0.15, 0.2) is 24.4 Å². The van der Waals surface area contributed by atoms with Gasteiger partial charge in [0.2, 0.25) is 11.8 Å². The molecular formula is C15H21N2O2Y-. The second-order valence-corrected chi connectivity index (χ2v) is 4.84. The van der Waals surface area contributed by atoms with Gasteiger partial charge in [0.1, 0.15) is 6.61 Å². The van der Waals surface area contributed by atoms with Gasteiger partial charge in [-0.15, -0.1) is 0 Å². The topological polar surface area (TPSA) is 42.4 Å². The predicted molar refractivity (Wildman–Crippen MR) is 73.7 cm³/mol. The number of nitrogens with zero attached hydrogens (tertiary/aromatic N) is 2. The smallest absolute Gasteiger partial charge is 0.225 e. The fourth-order valence-electron chi connectivity index (χ4n) is 2.23.